The van der Waals surface area contributed by atoms with Crippen molar-refractivity contribution in [1.82, 2.24) is 10.7 Å². The van der Waals surface area contributed by atoms with Crippen LogP contribution in [0, 0.1) is 0 Å². The summed E-state index contributed by atoms with van der Waals surface area (Å²) < 4.78 is 5.53. The van der Waals surface area contributed by atoms with Gasteiger partial charge in [-0.2, -0.15) is 5.10 Å². The summed E-state index contributed by atoms with van der Waals surface area (Å²) in [5.41, 5.74) is 4.98. The van der Waals surface area contributed by atoms with Crippen LogP contribution < -0.4 is 16.1 Å². The number of carbonyl (C=O) groups is 2. The van der Waals surface area contributed by atoms with Gasteiger partial charge in [-0.25, -0.2) is 5.43 Å². The molecule has 23 heavy (non-hydrogen) atoms. The van der Waals surface area contributed by atoms with Crippen LogP contribution in [0.4, 0.5) is 5.69 Å². The number of hydrogen-bond acceptors (Lipinski definition) is 5. The first kappa shape index (κ1) is 15.6. The Balaban J connectivity index is 1.50. The highest BCUT2D eigenvalue weighted by Gasteiger charge is 2.16. The van der Waals surface area contributed by atoms with Gasteiger partial charge < -0.3 is 15.4 Å². The normalized spacial score (nSPS) is 20.8. The number of nitrogens with one attached hydrogen (secondary N) is 3. The van der Waals surface area contributed by atoms with Crippen molar-refractivity contribution in [3.05, 3.63) is 29.8 Å². The molecule has 1 saturated heterocycles. The van der Waals surface area contributed by atoms with Crippen LogP contribution in [0.15, 0.2) is 29.4 Å². The Hall–Kier alpha value is -2.25. The molecule has 0 aromatic heterocycles. The minimum absolute atomic E-state index is 0.0601. The van der Waals surface area contributed by atoms with E-state index in [1.54, 1.807) is 0 Å². The molecule has 0 aliphatic carbocycles. The second-order valence-electron chi connectivity index (χ2n) is 5.64. The van der Waals surface area contributed by atoms with Gasteiger partial charge in [0.15, 0.2) is 0 Å². The molecule has 1 aromatic carbocycles. The summed E-state index contributed by atoms with van der Waals surface area (Å²) in [5, 5.41) is 10.0. The summed E-state index contributed by atoms with van der Waals surface area (Å²) >= 11 is 0. The predicted octanol–water partition coefficient (Wildman–Crippen LogP) is 0.618. The SMILES string of the molecule is O=C1CCC(c2ccc(NC(=O)CO[C@@H]3CCNC3)cc2)=NN1. The molecular weight excluding hydrogens is 296 g/mol. The number of carbonyl (C=O) groups excluding carboxylic acids is 2. The third-order valence-corrected chi connectivity index (χ3v) is 3.87. The van der Waals surface area contributed by atoms with Crippen LogP contribution in [0.2, 0.25) is 0 Å². The van der Waals surface area contributed by atoms with Crippen molar-refractivity contribution < 1.29 is 14.3 Å². The Kier molecular flexibility index (Phi) is 4.99. The minimum atomic E-state index is -0.160. The number of rotatable bonds is 5. The number of amides is 2. The Bertz CT molecular complexity index is 606. The van der Waals surface area contributed by atoms with Crippen molar-refractivity contribution in [2.45, 2.75) is 25.4 Å². The van der Waals surface area contributed by atoms with Crippen LogP contribution in [0.25, 0.3) is 0 Å². The van der Waals surface area contributed by atoms with Crippen LogP contribution in [0.5, 0.6) is 0 Å². The first-order valence-corrected chi connectivity index (χ1v) is 7.79. The fourth-order valence-electron chi connectivity index (χ4n) is 2.59. The third kappa shape index (κ3) is 4.37. The van der Waals surface area contributed by atoms with Gasteiger partial charge in [-0.15, -0.1) is 0 Å². The summed E-state index contributed by atoms with van der Waals surface area (Å²) in [6.07, 6.45) is 2.15. The molecule has 122 valence electrons. The molecule has 2 amide bonds. The highest BCUT2D eigenvalue weighted by molar-refractivity contribution is 6.04. The van der Waals surface area contributed by atoms with E-state index in [4.69, 9.17) is 4.74 Å². The molecule has 0 bridgehead atoms. The lowest BCUT2D eigenvalue weighted by molar-refractivity contribution is -0.122. The number of benzene rings is 1. The summed E-state index contributed by atoms with van der Waals surface area (Å²) in [6.45, 7) is 1.81. The maximum atomic E-state index is 11.9. The monoisotopic (exact) mass is 316 g/mol. The van der Waals surface area contributed by atoms with Gasteiger partial charge in [-0.05, 0) is 30.7 Å². The maximum Gasteiger partial charge on any atom is 0.250 e. The van der Waals surface area contributed by atoms with Gasteiger partial charge in [0.25, 0.3) is 0 Å². The molecular formula is C16H20N4O3. The molecule has 0 unspecified atom stereocenters. The second-order valence-corrected chi connectivity index (χ2v) is 5.64. The average Bonchev–Trinajstić information content (AvgIpc) is 3.08. The third-order valence-electron chi connectivity index (χ3n) is 3.87. The minimum Gasteiger partial charge on any atom is -0.367 e. The van der Waals surface area contributed by atoms with Gasteiger partial charge in [0, 0.05) is 25.1 Å². The summed E-state index contributed by atoms with van der Waals surface area (Å²) in [4.78, 5) is 23.0. The average molecular weight is 316 g/mol. The van der Waals surface area contributed by atoms with E-state index < -0.39 is 0 Å². The number of nitrogens with zero attached hydrogens (tertiary/aromatic N) is 1. The summed E-state index contributed by atoms with van der Waals surface area (Å²) in [5.74, 6) is -0.220. The molecule has 0 radical (unpaired) electrons. The molecule has 7 nitrogen and oxygen atoms in total. The highest BCUT2D eigenvalue weighted by Crippen LogP contribution is 2.14. The number of hydrazone groups is 1. The summed E-state index contributed by atoms with van der Waals surface area (Å²) in [6, 6.07) is 7.41. The smallest absolute Gasteiger partial charge is 0.250 e. The molecule has 3 rings (SSSR count). The van der Waals surface area contributed by atoms with E-state index in [0.29, 0.717) is 18.5 Å². The fraction of sp³-hybridized carbons (Fsp3) is 0.438. The molecule has 0 saturated carbocycles. The van der Waals surface area contributed by atoms with E-state index in [-0.39, 0.29) is 24.5 Å². The topological polar surface area (TPSA) is 91.8 Å². The van der Waals surface area contributed by atoms with Gasteiger partial charge in [-0.3, -0.25) is 9.59 Å². The van der Waals surface area contributed by atoms with Crippen molar-refractivity contribution in [2.24, 2.45) is 5.10 Å². The van der Waals surface area contributed by atoms with Crippen molar-refractivity contribution in [3.8, 4) is 0 Å². The lowest BCUT2D eigenvalue weighted by Crippen LogP contribution is -2.26. The van der Waals surface area contributed by atoms with E-state index in [2.05, 4.69) is 21.2 Å². The van der Waals surface area contributed by atoms with Gasteiger partial charge in [0.05, 0.1) is 11.8 Å². The van der Waals surface area contributed by atoms with E-state index in [0.717, 1.165) is 30.8 Å². The Labute approximate surface area is 134 Å². The van der Waals surface area contributed by atoms with Crippen molar-refractivity contribution in [2.75, 3.05) is 25.0 Å². The van der Waals surface area contributed by atoms with Crippen LogP contribution in [-0.2, 0) is 14.3 Å². The Morgan fingerprint density at radius 3 is 2.78 bits per heavy atom. The number of ether oxygens (including phenoxy) is 1. The molecule has 1 atom stereocenters. The van der Waals surface area contributed by atoms with Gasteiger partial charge in [-0.1, -0.05) is 12.1 Å². The second kappa shape index (κ2) is 7.34. The Morgan fingerprint density at radius 1 is 1.30 bits per heavy atom. The zero-order valence-corrected chi connectivity index (χ0v) is 12.8. The zero-order chi connectivity index (χ0) is 16.1. The molecule has 1 fully saturated rings. The molecule has 2 aliphatic rings. The maximum absolute atomic E-state index is 11.9. The van der Waals surface area contributed by atoms with Crippen molar-refractivity contribution in [1.29, 1.82) is 0 Å². The van der Waals surface area contributed by atoms with Gasteiger partial charge in [0.1, 0.15) is 6.61 Å². The van der Waals surface area contributed by atoms with E-state index in [1.165, 1.54) is 0 Å². The Morgan fingerprint density at radius 2 is 2.13 bits per heavy atom. The number of anilines is 1. The quantitative estimate of drug-likeness (QED) is 0.742. The molecule has 0 spiro atoms. The summed E-state index contributed by atoms with van der Waals surface area (Å²) in [7, 11) is 0. The predicted molar refractivity (Wildman–Crippen MR) is 86.2 cm³/mol. The zero-order valence-electron chi connectivity index (χ0n) is 12.8. The van der Waals surface area contributed by atoms with Crippen molar-refractivity contribution >= 4 is 23.2 Å². The first-order chi connectivity index (χ1) is 11.2. The molecule has 2 aliphatic heterocycles. The van der Waals surface area contributed by atoms with Crippen LogP contribution in [0.1, 0.15) is 24.8 Å². The first-order valence-electron chi connectivity index (χ1n) is 7.79. The molecule has 7 heteroatoms. The number of hydrogen-bond donors (Lipinski definition) is 3. The van der Waals surface area contributed by atoms with Gasteiger partial charge in [0.2, 0.25) is 11.8 Å². The van der Waals surface area contributed by atoms with Crippen LogP contribution >= 0.6 is 0 Å². The van der Waals surface area contributed by atoms with Crippen molar-refractivity contribution in [3.63, 3.8) is 0 Å². The molecule has 2 heterocycles. The highest BCUT2D eigenvalue weighted by atomic mass is 16.5. The van der Waals surface area contributed by atoms with E-state index in [9.17, 15) is 9.59 Å². The lowest BCUT2D eigenvalue weighted by atomic mass is 10.0. The van der Waals surface area contributed by atoms with Gasteiger partial charge >= 0.3 is 0 Å². The lowest BCUT2D eigenvalue weighted by Gasteiger charge is -2.13. The van der Waals surface area contributed by atoms with Crippen LogP contribution in [-0.4, -0.2) is 43.3 Å². The largest absolute Gasteiger partial charge is 0.367 e. The molecule has 1 aromatic rings. The molecule has 3 N–H and O–H groups in total. The standard InChI is InChI=1S/C16H20N4O3/c21-15-6-5-14(19-20-15)11-1-3-12(4-2-11)18-16(22)10-23-13-7-8-17-9-13/h1-4,13,17H,5-10H2,(H,18,22)(H,20,21)/t13-/m1/s1. The fourth-order valence-corrected chi connectivity index (χ4v) is 2.59. The van der Waals surface area contributed by atoms with Crippen LogP contribution in [0.3, 0.4) is 0 Å². The van der Waals surface area contributed by atoms with E-state index in [1.807, 2.05) is 24.3 Å². The van der Waals surface area contributed by atoms with E-state index >= 15 is 0 Å².